The molecule has 0 radical (unpaired) electrons. The summed E-state index contributed by atoms with van der Waals surface area (Å²) in [6, 6.07) is 1.45. The molecule has 5 nitrogen and oxygen atoms in total. The molecule has 1 rings (SSSR count). The van der Waals surface area contributed by atoms with Crippen LogP contribution in [0.5, 0.6) is 5.88 Å². The van der Waals surface area contributed by atoms with E-state index in [9.17, 15) is 4.79 Å². The molecular formula is C9H13N3O2. The van der Waals surface area contributed by atoms with Crippen LogP contribution in [0.15, 0.2) is 12.3 Å². The molecule has 0 aromatic carbocycles. The maximum atomic E-state index is 10.9. The highest BCUT2D eigenvalue weighted by molar-refractivity contribution is 5.97. The number of aromatic nitrogens is 1. The van der Waals surface area contributed by atoms with E-state index >= 15 is 0 Å². The number of nitrogens with zero attached hydrogens (tertiary/aromatic N) is 1. The van der Waals surface area contributed by atoms with Gasteiger partial charge in [-0.3, -0.25) is 4.79 Å². The largest absolute Gasteiger partial charge is 0.478 e. The van der Waals surface area contributed by atoms with Gasteiger partial charge in [0.25, 0.3) is 5.91 Å². The Morgan fingerprint density at radius 1 is 1.64 bits per heavy atom. The van der Waals surface area contributed by atoms with Gasteiger partial charge in [0.2, 0.25) is 5.88 Å². The number of hydrogen-bond acceptors (Lipinski definition) is 4. The molecule has 0 aliphatic carbocycles. The Labute approximate surface area is 82.1 Å². The minimum atomic E-state index is -0.578. The van der Waals surface area contributed by atoms with E-state index in [1.54, 1.807) is 0 Å². The first-order valence-corrected chi connectivity index (χ1v) is 4.33. The Hall–Kier alpha value is -1.78. The van der Waals surface area contributed by atoms with Crippen molar-refractivity contribution in [3.05, 3.63) is 17.8 Å². The van der Waals surface area contributed by atoms with E-state index in [-0.39, 0.29) is 11.3 Å². The number of anilines is 1. The van der Waals surface area contributed by atoms with Crippen molar-refractivity contribution >= 4 is 11.6 Å². The summed E-state index contributed by atoms with van der Waals surface area (Å²) >= 11 is 0. The third-order valence-electron chi connectivity index (χ3n) is 1.63. The summed E-state index contributed by atoms with van der Waals surface area (Å²) in [6.07, 6.45) is 2.24. The van der Waals surface area contributed by atoms with Gasteiger partial charge in [0.15, 0.2) is 0 Å². The van der Waals surface area contributed by atoms with Gasteiger partial charge in [-0.05, 0) is 6.42 Å². The van der Waals surface area contributed by atoms with Gasteiger partial charge in [-0.15, -0.1) is 0 Å². The number of rotatable bonds is 4. The maximum Gasteiger partial charge on any atom is 0.251 e. The number of amides is 1. The lowest BCUT2D eigenvalue weighted by atomic mass is 10.2. The number of nitrogen functional groups attached to an aromatic ring is 1. The molecule has 4 N–H and O–H groups in total. The van der Waals surface area contributed by atoms with E-state index in [1.165, 1.54) is 12.3 Å². The minimum absolute atomic E-state index is 0.242. The summed E-state index contributed by atoms with van der Waals surface area (Å²) in [4.78, 5) is 14.8. The van der Waals surface area contributed by atoms with Gasteiger partial charge in [0.1, 0.15) is 0 Å². The van der Waals surface area contributed by atoms with E-state index in [0.717, 1.165) is 6.42 Å². The first-order valence-electron chi connectivity index (χ1n) is 4.33. The third kappa shape index (κ3) is 2.35. The number of ether oxygens (including phenoxy) is 1. The second-order valence-electron chi connectivity index (χ2n) is 2.82. The molecule has 76 valence electrons. The summed E-state index contributed by atoms with van der Waals surface area (Å²) in [7, 11) is 0. The number of nitrogens with two attached hydrogens (primary N) is 2. The fourth-order valence-electron chi connectivity index (χ4n) is 0.946. The average Bonchev–Trinajstić information content (AvgIpc) is 2.16. The lowest BCUT2D eigenvalue weighted by Gasteiger charge is -2.05. The van der Waals surface area contributed by atoms with Gasteiger partial charge < -0.3 is 16.2 Å². The molecule has 1 aromatic heterocycles. The fraction of sp³-hybridized carbons (Fsp3) is 0.333. The van der Waals surface area contributed by atoms with Crippen LogP contribution in [0.3, 0.4) is 0 Å². The summed E-state index contributed by atoms with van der Waals surface area (Å²) in [5, 5.41) is 0. The molecule has 14 heavy (non-hydrogen) atoms. The zero-order valence-corrected chi connectivity index (χ0v) is 7.99. The van der Waals surface area contributed by atoms with Gasteiger partial charge in [-0.25, -0.2) is 4.98 Å². The molecular weight excluding hydrogens is 182 g/mol. The minimum Gasteiger partial charge on any atom is -0.478 e. The van der Waals surface area contributed by atoms with Crippen LogP contribution in [-0.4, -0.2) is 17.5 Å². The van der Waals surface area contributed by atoms with E-state index in [2.05, 4.69) is 4.98 Å². The van der Waals surface area contributed by atoms with Crippen LogP contribution in [0.1, 0.15) is 23.7 Å². The molecule has 5 heteroatoms. The van der Waals surface area contributed by atoms with Crippen LogP contribution in [0.4, 0.5) is 5.69 Å². The third-order valence-corrected chi connectivity index (χ3v) is 1.63. The molecule has 0 bridgehead atoms. The van der Waals surface area contributed by atoms with Crippen molar-refractivity contribution in [3.63, 3.8) is 0 Å². The number of hydrogen-bond donors (Lipinski definition) is 2. The number of pyridine rings is 1. The van der Waals surface area contributed by atoms with Crippen molar-refractivity contribution < 1.29 is 9.53 Å². The van der Waals surface area contributed by atoms with E-state index in [1.807, 2.05) is 6.92 Å². The molecule has 0 atom stereocenters. The van der Waals surface area contributed by atoms with Crippen LogP contribution in [-0.2, 0) is 0 Å². The lowest BCUT2D eigenvalue weighted by Crippen LogP contribution is -2.14. The summed E-state index contributed by atoms with van der Waals surface area (Å²) in [5.74, 6) is -0.207. The molecule has 0 fully saturated rings. The Bertz CT molecular complexity index is 339. The zero-order chi connectivity index (χ0) is 10.6. The second-order valence-corrected chi connectivity index (χ2v) is 2.82. The van der Waals surface area contributed by atoms with Crippen LogP contribution in [0.2, 0.25) is 0 Å². The first kappa shape index (κ1) is 10.3. The maximum absolute atomic E-state index is 10.9. The quantitative estimate of drug-likeness (QED) is 0.734. The second kappa shape index (κ2) is 4.45. The number of carbonyl (C=O) groups excluding carboxylic acids is 1. The number of primary amides is 1. The molecule has 0 unspecified atom stereocenters. The Morgan fingerprint density at radius 3 is 2.93 bits per heavy atom. The van der Waals surface area contributed by atoms with E-state index in [4.69, 9.17) is 16.2 Å². The smallest absolute Gasteiger partial charge is 0.251 e. The zero-order valence-electron chi connectivity index (χ0n) is 7.99. The van der Waals surface area contributed by atoms with Gasteiger partial charge in [0.05, 0.1) is 24.1 Å². The standard InChI is InChI=1S/C9H13N3O2/c1-2-3-14-8-4-6(9(11)13)7(10)5-12-8/h4-5H,2-3,10H2,1H3,(H2,11,13). The van der Waals surface area contributed by atoms with Gasteiger partial charge in [-0.1, -0.05) is 6.92 Å². The normalized spacial score (nSPS) is 9.79. The van der Waals surface area contributed by atoms with Crippen molar-refractivity contribution in [2.75, 3.05) is 12.3 Å². The Balaban J connectivity index is 2.89. The van der Waals surface area contributed by atoms with Crippen LogP contribution in [0.25, 0.3) is 0 Å². The van der Waals surface area contributed by atoms with Crippen LogP contribution < -0.4 is 16.2 Å². The van der Waals surface area contributed by atoms with Crippen molar-refractivity contribution in [2.24, 2.45) is 5.73 Å². The Kier molecular flexibility index (Phi) is 3.28. The predicted octanol–water partition coefficient (Wildman–Crippen LogP) is 0.552. The topological polar surface area (TPSA) is 91.2 Å². The molecule has 0 spiro atoms. The molecule has 0 aliphatic heterocycles. The van der Waals surface area contributed by atoms with Gasteiger partial charge in [-0.2, -0.15) is 0 Å². The van der Waals surface area contributed by atoms with Gasteiger partial charge in [0, 0.05) is 6.07 Å². The summed E-state index contributed by atoms with van der Waals surface area (Å²) < 4.78 is 5.23. The van der Waals surface area contributed by atoms with Crippen molar-refractivity contribution in [1.29, 1.82) is 0 Å². The monoisotopic (exact) mass is 195 g/mol. The lowest BCUT2D eigenvalue weighted by molar-refractivity contribution is 0.100. The predicted molar refractivity (Wildman–Crippen MR) is 53.0 cm³/mol. The van der Waals surface area contributed by atoms with Gasteiger partial charge >= 0.3 is 0 Å². The van der Waals surface area contributed by atoms with E-state index in [0.29, 0.717) is 12.5 Å². The highest BCUT2D eigenvalue weighted by atomic mass is 16.5. The molecule has 0 aliphatic rings. The molecule has 0 saturated heterocycles. The number of carbonyl (C=O) groups is 1. The Morgan fingerprint density at radius 2 is 2.36 bits per heavy atom. The van der Waals surface area contributed by atoms with Crippen molar-refractivity contribution in [1.82, 2.24) is 4.98 Å². The molecule has 1 aromatic rings. The van der Waals surface area contributed by atoms with Crippen molar-refractivity contribution in [2.45, 2.75) is 13.3 Å². The fourth-order valence-corrected chi connectivity index (χ4v) is 0.946. The SMILES string of the molecule is CCCOc1cc(C(N)=O)c(N)cn1. The first-order chi connectivity index (χ1) is 6.65. The van der Waals surface area contributed by atoms with E-state index < -0.39 is 5.91 Å². The van der Waals surface area contributed by atoms with Crippen LogP contribution >= 0.6 is 0 Å². The highest BCUT2D eigenvalue weighted by Crippen LogP contribution is 2.15. The van der Waals surface area contributed by atoms with Crippen molar-refractivity contribution in [3.8, 4) is 5.88 Å². The summed E-state index contributed by atoms with van der Waals surface area (Å²) in [6.45, 7) is 2.53. The average molecular weight is 195 g/mol. The van der Waals surface area contributed by atoms with Crippen LogP contribution in [0, 0.1) is 0 Å². The molecule has 0 saturated carbocycles. The highest BCUT2D eigenvalue weighted by Gasteiger charge is 2.07. The molecule has 1 amide bonds. The summed E-state index contributed by atoms with van der Waals surface area (Å²) in [5.41, 5.74) is 11.1. The molecule has 1 heterocycles.